The maximum absolute atomic E-state index is 11.6. The molecule has 4 N–H and O–H groups in total. The highest BCUT2D eigenvalue weighted by atomic mass is 16.5. The molecule has 1 aliphatic rings. The number of nitrogens with two attached hydrogens (primary N) is 1. The van der Waals surface area contributed by atoms with Gasteiger partial charge in [0.1, 0.15) is 12.4 Å². The van der Waals surface area contributed by atoms with Crippen molar-refractivity contribution in [2.24, 2.45) is 5.84 Å². The molecule has 7 nitrogen and oxygen atoms in total. The van der Waals surface area contributed by atoms with Gasteiger partial charge in [-0.05, 0) is 12.1 Å². The van der Waals surface area contributed by atoms with Crippen molar-refractivity contribution in [2.45, 2.75) is 0 Å². The van der Waals surface area contributed by atoms with Crippen molar-refractivity contribution in [1.82, 2.24) is 15.6 Å². The van der Waals surface area contributed by atoms with Crippen molar-refractivity contribution in [3.05, 3.63) is 29.8 Å². The number of piperazine rings is 1. The largest absolute Gasteiger partial charge is 0.491 e. The molecule has 1 aromatic carbocycles. The van der Waals surface area contributed by atoms with Crippen LogP contribution < -0.4 is 21.3 Å². The van der Waals surface area contributed by atoms with E-state index < -0.39 is 5.91 Å². The topological polar surface area (TPSA) is 96.7 Å². The number of nitrogens with zero attached hydrogens (tertiary/aromatic N) is 1. The van der Waals surface area contributed by atoms with Crippen molar-refractivity contribution in [3.63, 3.8) is 0 Å². The number of ether oxygens (including phenoxy) is 1. The predicted molar refractivity (Wildman–Crippen MR) is 73.0 cm³/mol. The zero-order chi connectivity index (χ0) is 14.4. The molecule has 2 rings (SSSR count). The van der Waals surface area contributed by atoms with Crippen LogP contribution in [-0.4, -0.2) is 49.5 Å². The van der Waals surface area contributed by atoms with Crippen LogP contribution in [0, 0.1) is 0 Å². The molecule has 0 aromatic heterocycles. The lowest BCUT2D eigenvalue weighted by Crippen LogP contribution is -2.48. The molecule has 0 bridgehead atoms. The Labute approximate surface area is 117 Å². The van der Waals surface area contributed by atoms with E-state index in [4.69, 9.17) is 10.6 Å². The third kappa shape index (κ3) is 3.69. The second kappa shape index (κ2) is 6.88. The van der Waals surface area contributed by atoms with E-state index in [9.17, 15) is 9.59 Å². The van der Waals surface area contributed by atoms with Gasteiger partial charge in [-0.25, -0.2) is 5.84 Å². The van der Waals surface area contributed by atoms with E-state index in [2.05, 4.69) is 10.7 Å². The molecular formula is C13H18N4O3. The first-order chi connectivity index (χ1) is 9.70. The molecule has 1 aliphatic heterocycles. The number of carbonyl (C=O) groups is 2. The Hall–Kier alpha value is -2.12. The molecule has 1 heterocycles. The fourth-order valence-corrected chi connectivity index (χ4v) is 2.02. The number of hydrogen-bond acceptors (Lipinski definition) is 5. The summed E-state index contributed by atoms with van der Waals surface area (Å²) in [6.07, 6.45) is 0. The number of amides is 2. The van der Waals surface area contributed by atoms with Gasteiger partial charge in [-0.3, -0.25) is 19.9 Å². The fraction of sp³-hybridized carbons (Fsp3) is 0.385. The highest BCUT2D eigenvalue weighted by Crippen LogP contribution is 2.17. The maximum Gasteiger partial charge on any atom is 0.268 e. The second-order valence-corrected chi connectivity index (χ2v) is 4.44. The van der Waals surface area contributed by atoms with Gasteiger partial charge in [0.25, 0.3) is 5.91 Å². The van der Waals surface area contributed by atoms with Gasteiger partial charge in [0.2, 0.25) is 5.91 Å². The lowest BCUT2D eigenvalue weighted by Gasteiger charge is -2.26. The minimum absolute atomic E-state index is 0.0270. The normalized spacial score (nSPS) is 15.6. The van der Waals surface area contributed by atoms with Crippen LogP contribution in [0.25, 0.3) is 0 Å². The molecule has 0 saturated carbocycles. The Morgan fingerprint density at radius 3 is 3.00 bits per heavy atom. The third-order valence-electron chi connectivity index (χ3n) is 3.05. The number of nitrogens with one attached hydrogen (secondary N) is 2. The SMILES string of the molecule is NNC(=O)c1ccccc1OCCN1CCNC(=O)C1. The van der Waals surface area contributed by atoms with Gasteiger partial charge in [0, 0.05) is 19.6 Å². The lowest BCUT2D eigenvalue weighted by atomic mass is 10.2. The minimum Gasteiger partial charge on any atom is -0.491 e. The highest BCUT2D eigenvalue weighted by molar-refractivity contribution is 5.96. The van der Waals surface area contributed by atoms with Crippen molar-refractivity contribution < 1.29 is 14.3 Å². The molecule has 1 fully saturated rings. The molecule has 7 heteroatoms. The summed E-state index contributed by atoms with van der Waals surface area (Å²) in [5.41, 5.74) is 2.48. The Morgan fingerprint density at radius 1 is 1.45 bits per heavy atom. The van der Waals surface area contributed by atoms with E-state index in [-0.39, 0.29) is 5.91 Å². The Bertz CT molecular complexity index is 492. The van der Waals surface area contributed by atoms with Gasteiger partial charge in [-0.15, -0.1) is 0 Å². The molecule has 108 valence electrons. The summed E-state index contributed by atoms with van der Waals surface area (Å²) < 4.78 is 5.61. The Morgan fingerprint density at radius 2 is 2.25 bits per heavy atom. The quantitative estimate of drug-likeness (QED) is 0.368. The van der Waals surface area contributed by atoms with E-state index in [1.807, 2.05) is 4.90 Å². The lowest BCUT2D eigenvalue weighted by molar-refractivity contribution is -0.124. The van der Waals surface area contributed by atoms with E-state index in [0.717, 1.165) is 6.54 Å². The van der Waals surface area contributed by atoms with Crippen LogP contribution in [0.15, 0.2) is 24.3 Å². The average molecular weight is 278 g/mol. The number of hydrazine groups is 1. The summed E-state index contributed by atoms with van der Waals surface area (Å²) in [7, 11) is 0. The summed E-state index contributed by atoms with van der Waals surface area (Å²) in [5.74, 6) is 5.25. The molecule has 20 heavy (non-hydrogen) atoms. The van der Waals surface area contributed by atoms with Gasteiger partial charge in [-0.2, -0.15) is 0 Å². The van der Waals surface area contributed by atoms with Gasteiger partial charge < -0.3 is 10.1 Å². The molecule has 0 aliphatic carbocycles. The molecule has 0 atom stereocenters. The molecule has 0 unspecified atom stereocenters. The first-order valence-electron chi connectivity index (χ1n) is 6.42. The van der Waals surface area contributed by atoms with E-state index in [1.54, 1.807) is 24.3 Å². The van der Waals surface area contributed by atoms with Gasteiger partial charge in [0.05, 0.1) is 12.1 Å². The molecular weight excluding hydrogens is 260 g/mol. The number of rotatable bonds is 5. The van der Waals surface area contributed by atoms with E-state index >= 15 is 0 Å². The first-order valence-corrected chi connectivity index (χ1v) is 6.42. The van der Waals surface area contributed by atoms with Gasteiger partial charge in [-0.1, -0.05) is 12.1 Å². The summed E-state index contributed by atoms with van der Waals surface area (Å²) in [5, 5.41) is 2.76. The molecule has 1 saturated heterocycles. The van der Waals surface area contributed by atoms with Crippen LogP contribution in [0.1, 0.15) is 10.4 Å². The predicted octanol–water partition coefficient (Wildman–Crippen LogP) is -0.899. The zero-order valence-electron chi connectivity index (χ0n) is 11.1. The zero-order valence-corrected chi connectivity index (χ0v) is 11.1. The smallest absolute Gasteiger partial charge is 0.268 e. The summed E-state index contributed by atoms with van der Waals surface area (Å²) >= 11 is 0. The second-order valence-electron chi connectivity index (χ2n) is 4.44. The first kappa shape index (κ1) is 14.3. The number of para-hydroxylation sites is 1. The standard InChI is InChI=1S/C13H18N4O3/c14-16-13(19)10-3-1-2-4-11(10)20-8-7-17-6-5-15-12(18)9-17/h1-4H,5-9,14H2,(H,15,18)(H,16,19). The Kier molecular flexibility index (Phi) is 4.91. The highest BCUT2D eigenvalue weighted by Gasteiger charge is 2.16. The number of hydrogen-bond donors (Lipinski definition) is 3. The maximum atomic E-state index is 11.6. The summed E-state index contributed by atoms with van der Waals surface area (Å²) in [6, 6.07) is 6.89. The van der Waals surface area contributed by atoms with Crippen LogP contribution in [0.5, 0.6) is 5.75 Å². The van der Waals surface area contributed by atoms with Crippen molar-refractivity contribution in [2.75, 3.05) is 32.8 Å². The minimum atomic E-state index is -0.391. The van der Waals surface area contributed by atoms with Crippen molar-refractivity contribution >= 4 is 11.8 Å². The fourth-order valence-electron chi connectivity index (χ4n) is 2.02. The van der Waals surface area contributed by atoms with E-state index in [1.165, 1.54) is 0 Å². The van der Waals surface area contributed by atoms with Crippen LogP contribution >= 0.6 is 0 Å². The molecule has 0 radical (unpaired) electrons. The third-order valence-corrected chi connectivity index (χ3v) is 3.05. The molecule has 0 spiro atoms. The molecule has 2 amide bonds. The summed E-state index contributed by atoms with van der Waals surface area (Å²) in [4.78, 5) is 24.8. The number of carbonyl (C=O) groups excluding carboxylic acids is 2. The average Bonchev–Trinajstić information content (AvgIpc) is 2.47. The van der Waals surface area contributed by atoms with Crippen LogP contribution in [0.3, 0.4) is 0 Å². The molecule has 1 aromatic rings. The number of nitrogen functional groups attached to an aromatic ring is 1. The van der Waals surface area contributed by atoms with Gasteiger partial charge in [0.15, 0.2) is 0 Å². The number of benzene rings is 1. The summed E-state index contributed by atoms with van der Waals surface area (Å²) in [6.45, 7) is 2.88. The van der Waals surface area contributed by atoms with Crippen LogP contribution in [0.2, 0.25) is 0 Å². The van der Waals surface area contributed by atoms with Crippen LogP contribution in [0.4, 0.5) is 0 Å². The monoisotopic (exact) mass is 278 g/mol. The van der Waals surface area contributed by atoms with Crippen molar-refractivity contribution in [1.29, 1.82) is 0 Å². The van der Waals surface area contributed by atoms with Crippen molar-refractivity contribution in [3.8, 4) is 5.75 Å². The van der Waals surface area contributed by atoms with E-state index in [0.29, 0.717) is 37.6 Å². The van der Waals surface area contributed by atoms with Crippen LogP contribution in [-0.2, 0) is 4.79 Å². The van der Waals surface area contributed by atoms with Gasteiger partial charge >= 0.3 is 0 Å². The Balaban J connectivity index is 1.87.